The van der Waals surface area contributed by atoms with E-state index in [1.54, 1.807) is 12.1 Å². The molecule has 3 N–H and O–H groups in total. The SMILES string of the molecule is Nc1c(OCc2ccc(Br)cc2)cccc1C(=O)O. The summed E-state index contributed by atoms with van der Waals surface area (Å²) in [5.41, 5.74) is 6.93. The fourth-order valence-corrected chi connectivity index (χ4v) is 1.86. The minimum absolute atomic E-state index is 0.0494. The van der Waals surface area contributed by atoms with Crippen LogP contribution in [0.3, 0.4) is 0 Å². The topological polar surface area (TPSA) is 72.5 Å². The smallest absolute Gasteiger partial charge is 0.337 e. The number of hydrogen-bond donors (Lipinski definition) is 2. The van der Waals surface area contributed by atoms with Crippen molar-refractivity contribution in [2.24, 2.45) is 0 Å². The molecule has 98 valence electrons. The number of para-hydroxylation sites is 1. The molecule has 0 heterocycles. The van der Waals surface area contributed by atoms with Crippen LogP contribution >= 0.6 is 15.9 Å². The predicted octanol–water partition coefficient (Wildman–Crippen LogP) is 3.31. The molecule has 4 nitrogen and oxygen atoms in total. The van der Waals surface area contributed by atoms with Gasteiger partial charge in [-0.3, -0.25) is 0 Å². The number of ether oxygens (including phenoxy) is 1. The maximum absolute atomic E-state index is 10.9. The van der Waals surface area contributed by atoms with E-state index in [9.17, 15) is 4.79 Å². The van der Waals surface area contributed by atoms with E-state index < -0.39 is 5.97 Å². The molecule has 0 radical (unpaired) electrons. The second-order valence-electron chi connectivity index (χ2n) is 3.94. The Hall–Kier alpha value is -2.01. The molecule has 0 aliphatic rings. The number of halogens is 1. The van der Waals surface area contributed by atoms with E-state index in [0.717, 1.165) is 10.0 Å². The summed E-state index contributed by atoms with van der Waals surface area (Å²) < 4.78 is 6.54. The molecule has 0 unspecified atom stereocenters. The highest BCUT2D eigenvalue weighted by molar-refractivity contribution is 9.10. The number of carboxylic acid groups (broad SMARTS) is 1. The number of nitrogen functional groups attached to an aromatic ring is 1. The lowest BCUT2D eigenvalue weighted by Crippen LogP contribution is -2.05. The third-order valence-electron chi connectivity index (χ3n) is 2.60. The molecule has 5 heteroatoms. The molecule has 0 amide bonds. The van der Waals surface area contributed by atoms with Gasteiger partial charge in [0.2, 0.25) is 0 Å². The molecule has 0 bridgehead atoms. The first-order valence-electron chi connectivity index (χ1n) is 5.57. The molecule has 2 rings (SSSR count). The standard InChI is InChI=1S/C14H12BrNO3/c15-10-6-4-9(5-7-10)8-19-12-3-1-2-11(13(12)16)14(17)18/h1-7H,8,16H2,(H,17,18). The lowest BCUT2D eigenvalue weighted by molar-refractivity contribution is 0.0697. The number of anilines is 1. The third kappa shape index (κ3) is 3.26. The van der Waals surface area contributed by atoms with Gasteiger partial charge in [0.05, 0.1) is 11.3 Å². The summed E-state index contributed by atoms with van der Waals surface area (Å²) in [4.78, 5) is 10.9. The summed E-state index contributed by atoms with van der Waals surface area (Å²) in [6, 6.07) is 12.4. The van der Waals surface area contributed by atoms with Crippen LogP contribution in [0.15, 0.2) is 46.9 Å². The molecule has 0 saturated heterocycles. The molecule has 0 saturated carbocycles. The quantitative estimate of drug-likeness (QED) is 0.847. The van der Waals surface area contributed by atoms with Crippen molar-refractivity contribution in [2.75, 3.05) is 5.73 Å². The molecule has 0 aromatic heterocycles. The highest BCUT2D eigenvalue weighted by Crippen LogP contribution is 2.26. The van der Waals surface area contributed by atoms with Gasteiger partial charge in [0.15, 0.2) is 0 Å². The van der Waals surface area contributed by atoms with Gasteiger partial charge in [0, 0.05) is 4.47 Å². The normalized spacial score (nSPS) is 10.2. The average molecular weight is 322 g/mol. The van der Waals surface area contributed by atoms with Crippen LogP contribution in [0.5, 0.6) is 5.75 Å². The van der Waals surface area contributed by atoms with E-state index in [2.05, 4.69) is 15.9 Å². The van der Waals surface area contributed by atoms with Crippen LogP contribution in [0, 0.1) is 0 Å². The van der Waals surface area contributed by atoms with Crippen molar-refractivity contribution in [2.45, 2.75) is 6.61 Å². The van der Waals surface area contributed by atoms with Crippen molar-refractivity contribution in [1.29, 1.82) is 0 Å². The molecule has 0 aliphatic carbocycles. The van der Waals surface area contributed by atoms with E-state index in [4.69, 9.17) is 15.6 Å². The Bertz CT molecular complexity index is 596. The predicted molar refractivity (Wildman–Crippen MR) is 76.3 cm³/mol. The summed E-state index contributed by atoms with van der Waals surface area (Å²) in [5.74, 6) is -0.686. The lowest BCUT2D eigenvalue weighted by atomic mass is 10.1. The van der Waals surface area contributed by atoms with Gasteiger partial charge >= 0.3 is 5.97 Å². The van der Waals surface area contributed by atoms with Gasteiger partial charge in [-0.05, 0) is 29.8 Å². The number of carboxylic acids is 1. The number of carbonyl (C=O) groups is 1. The first-order chi connectivity index (χ1) is 9.08. The number of rotatable bonds is 4. The van der Waals surface area contributed by atoms with Gasteiger partial charge in [-0.2, -0.15) is 0 Å². The highest BCUT2D eigenvalue weighted by Gasteiger charge is 2.11. The first kappa shape index (κ1) is 13.4. The summed E-state index contributed by atoms with van der Waals surface area (Å²) >= 11 is 3.35. The molecule has 2 aromatic rings. The second kappa shape index (κ2) is 5.75. The molecular formula is C14H12BrNO3. The van der Waals surface area contributed by atoms with E-state index >= 15 is 0 Å². The molecule has 2 aromatic carbocycles. The Morgan fingerprint density at radius 2 is 1.89 bits per heavy atom. The van der Waals surface area contributed by atoms with E-state index in [0.29, 0.717) is 12.4 Å². The maximum atomic E-state index is 10.9. The number of aromatic carboxylic acids is 1. The number of hydrogen-bond acceptors (Lipinski definition) is 3. The fraction of sp³-hybridized carbons (Fsp3) is 0.0714. The van der Waals surface area contributed by atoms with Crippen LogP contribution in [0.25, 0.3) is 0 Å². The van der Waals surface area contributed by atoms with E-state index in [-0.39, 0.29) is 11.3 Å². The molecule has 0 fully saturated rings. The molecule has 19 heavy (non-hydrogen) atoms. The van der Waals surface area contributed by atoms with Gasteiger partial charge < -0.3 is 15.6 Å². The highest BCUT2D eigenvalue weighted by atomic mass is 79.9. The molecule has 0 aliphatic heterocycles. The van der Waals surface area contributed by atoms with Crippen molar-refractivity contribution < 1.29 is 14.6 Å². The van der Waals surface area contributed by atoms with Crippen LogP contribution in [-0.4, -0.2) is 11.1 Å². The van der Waals surface area contributed by atoms with Gasteiger partial charge in [0.25, 0.3) is 0 Å². The van der Waals surface area contributed by atoms with Crippen LogP contribution in [0.1, 0.15) is 15.9 Å². The number of benzene rings is 2. The summed E-state index contributed by atoms with van der Waals surface area (Å²) in [6.07, 6.45) is 0. The maximum Gasteiger partial charge on any atom is 0.337 e. The summed E-state index contributed by atoms with van der Waals surface area (Å²) in [5, 5.41) is 8.97. The van der Waals surface area contributed by atoms with Gasteiger partial charge in [-0.1, -0.05) is 34.1 Å². The molecule has 0 spiro atoms. The first-order valence-corrected chi connectivity index (χ1v) is 6.36. The van der Waals surface area contributed by atoms with Gasteiger partial charge in [0.1, 0.15) is 12.4 Å². The minimum atomic E-state index is -1.06. The third-order valence-corrected chi connectivity index (χ3v) is 3.13. The van der Waals surface area contributed by atoms with Crippen molar-refractivity contribution in [3.63, 3.8) is 0 Å². The summed E-state index contributed by atoms with van der Waals surface area (Å²) in [7, 11) is 0. The van der Waals surface area contributed by atoms with E-state index in [1.807, 2.05) is 24.3 Å². The zero-order chi connectivity index (χ0) is 13.8. The van der Waals surface area contributed by atoms with Crippen molar-refractivity contribution in [3.05, 3.63) is 58.1 Å². The lowest BCUT2D eigenvalue weighted by Gasteiger charge is -2.10. The van der Waals surface area contributed by atoms with Crippen molar-refractivity contribution in [1.82, 2.24) is 0 Å². The molecule has 0 atom stereocenters. The van der Waals surface area contributed by atoms with Crippen LogP contribution < -0.4 is 10.5 Å². The zero-order valence-corrected chi connectivity index (χ0v) is 11.6. The van der Waals surface area contributed by atoms with Crippen LogP contribution in [0.2, 0.25) is 0 Å². The van der Waals surface area contributed by atoms with Gasteiger partial charge in [-0.25, -0.2) is 4.79 Å². The Labute approximate surface area is 118 Å². The monoisotopic (exact) mass is 321 g/mol. The fourth-order valence-electron chi connectivity index (χ4n) is 1.60. The Balaban J connectivity index is 2.13. The van der Waals surface area contributed by atoms with Crippen molar-refractivity contribution >= 4 is 27.6 Å². The van der Waals surface area contributed by atoms with Crippen LogP contribution in [-0.2, 0) is 6.61 Å². The Morgan fingerprint density at radius 3 is 2.53 bits per heavy atom. The van der Waals surface area contributed by atoms with Crippen LogP contribution in [0.4, 0.5) is 5.69 Å². The minimum Gasteiger partial charge on any atom is -0.487 e. The van der Waals surface area contributed by atoms with Gasteiger partial charge in [-0.15, -0.1) is 0 Å². The summed E-state index contributed by atoms with van der Waals surface area (Å²) in [6.45, 7) is 0.334. The second-order valence-corrected chi connectivity index (χ2v) is 4.85. The average Bonchev–Trinajstić information content (AvgIpc) is 2.39. The zero-order valence-electron chi connectivity index (χ0n) is 9.97. The number of nitrogens with two attached hydrogens (primary N) is 1. The largest absolute Gasteiger partial charge is 0.487 e. The Kier molecular flexibility index (Phi) is 4.06. The van der Waals surface area contributed by atoms with E-state index in [1.165, 1.54) is 6.07 Å². The van der Waals surface area contributed by atoms with Crippen molar-refractivity contribution in [3.8, 4) is 5.75 Å². The molecular weight excluding hydrogens is 310 g/mol. The Morgan fingerprint density at radius 1 is 1.21 bits per heavy atom.